The maximum Gasteiger partial charge on any atom is 0.174 e. The quantitative estimate of drug-likeness (QED) is 0.749. The average molecular weight is 267 g/mol. The molecule has 102 valence electrons. The molecule has 1 atom stereocenters. The Morgan fingerprint density at radius 2 is 2.25 bits per heavy atom. The highest BCUT2D eigenvalue weighted by molar-refractivity contribution is 5.79. The summed E-state index contributed by atoms with van der Waals surface area (Å²) in [6.45, 7) is 2.22. The third-order valence-electron chi connectivity index (χ3n) is 4.03. The van der Waals surface area contributed by atoms with E-state index in [4.69, 9.17) is 4.42 Å². The number of rotatable bonds is 2. The van der Waals surface area contributed by atoms with Gasteiger partial charge in [-0.05, 0) is 55.1 Å². The molecule has 0 radical (unpaired) electrons. The van der Waals surface area contributed by atoms with Crippen molar-refractivity contribution in [3.8, 4) is 11.6 Å². The summed E-state index contributed by atoms with van der Waals surface area (Å²) in [6, 6.07) is 10.3. The van der Waals surface area contributed by atoms with Crippen molar-refractivity contribution in [3.63, 3.8) is 0 Å². The standard InChI is InChI=1S/C16H17N3O/c1-3-12(10-17-7-1)11-5-6-13-14(9-11)19-16(18-13)15-4-2-8-20-15/h2,4-6,8-9,12,17H,1,3,7,10H2,(H,18,19). The molecule has 1 unspecified atom stereocenters. The molecule has 2 aromatic heterocycles. The highest BCUT2D eigenvalue weighted by Crippen LogP contribution is 2.27. The first-order chi connectivity index (χ1) is 9.90. The van der Waals surface area contributed by atoms with Gasteiger partial charge in [0.05, 0.1) is 17.3 Å². The maximum absolute atomic E-state index is 5.39. The van der Waals surface area contributed by atoms with E-state index in [1.807, 2.05) is 12.1 Å². The van der Waals surface area contributed by atoms with Crippen LogP contribution >= 0.6 is 0 Å². The van der Waals surface area contributed by atoms with Crippen molar-refractivity contribution in [2.24, 2.45) is 0 Å². The second kappa shape index (κ2) is 4.80. The Labute approximate surface area is 117 Å². The number of nitrogens with zero attached hydrogens (tertiary/aromatic N) is 1. The maximum atomic E-state index is 5.39. The SMILES string of the molecule is c1coc(-c2nc3ccc(C4CCCNC4)cc3[nH]2)c1. The van der Waals surface area contributed by atoms with Gasteiger partial charge < -0.3 is 14.7 Å². The summed E-state index contributed by atoms with van der Waals surface area (Å²) in [4.78, 5) is 7.93. The summed E-state index contributed by atoms with van der Waals surface area (Å²) in [7, 11) is 0. The minimum atomic E-state index is 0.614. The predicted octanol–water partition coefficient (Wildman–Crippen LogP) is 3.29. The molecular weight excluding hydrogens is 250 g/mol. The number of fused-ring (bicyclic) bond motifs is 1. The lowest BCUT2D eigenvalue weighted by Gasteiger charge is -2.22. The van der Waals surface area contributed by atoms with Gasteiger partial charge in [-0.2, -0.15) is 0 Å². The first-order valence-corrected chi connectivity index (χ1v) is 7.14. The van der Waals surface area contributed by atoms with Crippen LogP contribution in [0.2, 0.25) is 0 Å². The lowest BCUT2D eigenvalue weighted by atomic mass is 9.91. The summed E-state index contributed by atoms with van der Waals surface area (Å²) in [5.41, 5.74) is 3.46. The summed E-state index contributed by atoms with van der Waals surface area (Å²) in [6.07, 6.45) is 4.18. The molecule has 2 N–H and O–H groups in total. The third-order valence-corrected chi connectivity index (χ3v) is 4.03. The molecule has 0 amide bonds. The molecule has 1 aliphatic heterocycles. The molecular formula is C16H17N3O. The number of aromatic amines is 1. The Hall–Kier alpha value is -2.07. The monoisotopic (exact) mass is 267 g/mol. The molecule has 1 aliphatic rings. The van der Waals surface area contributed by atoms with Crippen molar-refractivity contribution in [2.75, 3.05) is 13.1 Å². The van der Waals surface area contributed by atoms with Crippen LogP contribution in [0.3, 0.4) is 0 Å². The molecule has 1 aromatic carbocycles. The number of benzene rings is 1. The van der Waals surface area contributed by atoms with E-state index in [0.29, 0.717) is 5.92 Å². The highest BCUT2D eigenvalue weighted by atomic mass is 16.3. The number of furan rings is 1. The Morgan fingerprint density at radius 3 is 3.05 bits per heavy atom. The smallest absolute Gasteiger partial charge is 0.174 e. The summed E-state index contributed by atoms with van der Waals surface area (Å²) in [5, 5.41) is 3.47. The number of hydrogen-bond donors (Lipinski definition) is 2. The van der Waals surface area contributed by atoms with Crippen LogP contribution in [-0.2, 0) is 0 Å². The molecule has 4 rings (SSSR count). The zero-order valence-corrected chi connectivity index (χ0v) is 11.2. The van der Waals surface area contributed by atoms with E-state index in [2.05, 4.69) is 33.5 Å². The number of hydrogen-bond acceptors (Lipinski definition) is 3. The fourth-order valence-electron chi connectivity index (χ4n) is 2.95. The topological polar surface area (TPSA) is 53.9 Å². The van der Waals surface area contributed by atoms with Crippen LogP contribution in [0.5, 0.6) is 0 Å². The largest absolute Gasteiger partial charge is 0.461 e. The van der Waals surface area contributed by atoms with Crippen LogP contribution in [0, 0.1) is 0 Å². The van der Waals surface area contributed by atoms with Crippen LogP contribution in [0.4, 0.5) is 0 Å². The van der Waals surface area contributed by atoms with Crippen molar-refractivity contribution in [1.82, 2.24) is 15.3 Å². The fraction of sp³-hybridized carbons (Fsp3) is 0.312. The molecule has 0 aliphatic carbocycles. The van der Waals surface area contributed by atoms with E-state index in [1.165, 1.54) is 18.4 Å². The summed E-state index contributed by atoms with van der Waals surface area (Å²) >= 11 is 0. The van der Waals surface area contributed by atoms with Gasteiger partial charge in [0.1, 0.15) is 0 Å². The van der Waals surface area contributed by atoms with Gasteiger partial charge in [0.2, 0.25) is 0 Å². The molecule has 0 bridgehead atoms. The normalized spacial score (nSPS) is 19.5. The number of aromatic nitrogens is 2. The first-order valence-electron chi connectivity index (χ1n) is 7.14. The van der Waals surface area contributed by atoms with Gasteiger partial charge >= 0.3 is 0 Å². The lowest BCUT2D eigenvalue weighted by molar-refractivity contribution is 0.462. The van der Waals surface area contributed by atoms with Crippen molar-refractivity contribution in [1.29, 1.82) is 0 Å². The van der Waals surface area contributed by atoms with Crippen LogP contribution in [-0.4, -0.2) is 23.1 Å². The average Bonchev–Trinajstić information content (AvgIpc) is 3.16. The molecule has 1 saturated heterocycles. The number of nitrogens with one attached hydrogen (secondary N) is 2. The summed E-state index contributed by atoms with van der Waals surface area (Å²) < 4.78 is 5.39. The zero-order valence-electron chi connectivity index (χ0n) is 11.2. The van der Waals surface area contributed by atoms with E-state index in [0.717, 1.165) is 35.7 Å². The zero-order chi connectivity index (χ0) is 13.4. The molecule has 1 fully saturated rings. The summed E-state index contributed by atoms with van der Waals surface area (Å²) in [5.74, 6) is 2.19. The van der Waals surface area contributed by atoms with E-state index in [1.54, 1.807) is 6.26 Å². The Morgan fingerprint density at radius 1 is 1.25 bits per heavy atom. The third kappa shape index (κ3) is 2.02. The van der Waals surface area contributed by atoms with Crippen molar-refractivity contribution < 1.29 is 4.42 Å². The van der Waals surface area contributed by atoms with Gasteiger partial charge in [-0.3, -0.25) is 0 Å². The molecule has 3 heterocycles. The lowest BCUT2D eigenvalue weighted by Crippen LogP contribution is -2.28. The number of H-pyrrole nitrogens is 1. The van der Waals surface area contributed by atoms with E-state index in [-0.39, 0.29) is 0 Å². The van der Waals surface area contributed by atoms with E-state index in [9.17, 15) is 0 Å². The van der Waals surface area contributed by atoms with Crippen molar-refractivity contribution in [2.45, 2.75) is 18.8 Å². The molecule has 4 heteroatoms. The van der Waals surface area contributed by atoms with Crippen LogP contribution in [0.1, 0.15) is 24.3 Å². The molecule has 4 nitrogen and oxygen atoms in total. The Kier molecular flexibility index (Phi) is 2.81. The van der Waals surface area contributed by atoms with Gasteiger partial charge in [0, 0.05) is 6.54 Å². The molecule has 0 spiro atoms. The number of piperidine rings is 1. The van der Waals surface area contributed by atoms with E-state index < -0.39 is 0 Å². The first kappa shape index (κ1) is 11.7. The molecule has 3 aromatic rings. The van der Waals surface area contributed by atoms with E-state index >= 15 is 0 Å². The number of imidazole rings is 1. The van der Waals surface area contributed by atoms with Gasteiger partial charge in [0.25, 0.3) is 0 Å². The second-order valence-corrected chi connectivity index (χ2v) is 5.38. The van der Waals surface area contributed by atoms with Gasteiger partial charge in [-0.15, -0.1) is 0 Å². The predicted molar refractivity (Wildman–Crippen MR) is 78.6 cm³/mol. The van der Waals surface area contributed by atoms with Crippen molar-refractivity contribution >= 4 is 11.0 Å². The highest BCUT2D eigenvalue weighted by Gasteiger charge is 2.16. The Bertz CT molecular complexity index is 708. The minimum absolute atomic E-state index is 0.614. The van der Waals surface area contributed by atoms with Gasteiger partial charge in [-0.1, -0.05) is 6.07 Å². The van der Waals surface area contributed by atoms with Crippen molar-refractivity contribution in [3.05, 3.63) is 42.2 Å². The van der Waals surface area contributed by atoms with Gasteiger partial charge in [0.15, 0.2) is 11.6 Å². The van der Waals surface area contributed by atoms with Gasteiger partial charge in [-0.25, -0.2) is 4.98 Å². The Balaban J connectivity index is 1.72. The van der Waals surface area contributed by atoms with Crippen LogP contribution in [0.25, 0.3) is 22.6 Å². The van der Waals surface area contributed by atoms with Crippen LogP contribution < -0.4 is 5.32 Å². The molecule has 0 saturated carbocycles. The molecule has 20 heavy (non-hydrogen) atoms. The fourth-order valence-corrected chi connectivity index (χ4v) is 2.95. The van der Waals surface area contributed by atoms with Crippen LogP contribution in [0.15, 0.2) is 41.0 Å². The second-order valence-electron chi connectivity index (χ2n) is 5.38. The minimum Gasteiger partial charge on any atom is -0.461 e.